The molecule has 2 aromatic rings. The van der Waals surface area contributed by atoms with Gasteiger partial charge in [-0.25, -0.2) is 9.18 Å². The number of halogens is 1. The van der Waals surface area contributed by atoms with E-state index in [0.29, 0.717) is 11.4 Å². The zero-order valence-corrected chi connectivity index (χ0v) is 10.2. The Balaban J connectivity index is 2.07. The van der Waals surface area contributed by atoms with Crippen LogP contribution < -0.4 is 10.1 Å². The molecule has 0 aliphatic heterocycles. The van der Waals surface area contributed by atoms with Crippen LogP contribution in [-0.2, 0) is 4.74 Å². The van der Waals surface area contributed by atoms with Gasteiger partial charge in [0, 0.05) is 5.69 Å². The number of hydrogen-bond donors (Lipinski definition) is 1. The lowest BCUT2D eigenvalue weighted by molar-refractivity contribution is 0.187. The van der Waals surface area contributed by atoms with Crippen molar-refractivity contribution in [2.75, 3.05) is 12.4 Å². The van der Waals surface area contributed by atoms with Crippen molar-refractivity contribution in [3.05, 3.63) is 54.3 Å². The molecule has 98 valence electrons. The highest BCUT2D eigenvalue weighted by molar-refractivity contribution is 5.84. The molecular formula is C14H12FNO3. The predicted octanol–water partition coefficient (Wildman–Crippen LogP) is 3.80. The SMILES string of the molecule is COC(=O)Nc1ccc(Oc2ccccc2F)cc1. The van der Waals surface area contributed by atoms with Crippen molar-refractivity contribution in [3.8, 4) is 11.5 Å². The molecule has 0 saturated heterocycles. The molecule has 0 heterocycles. The van der Waals surface area contributed by atoms with Crippen LogP contribution in [0.25, 0.3) is 0 Å². The first-order valence-corrected chi connectivity index (χ1v) is 5.56. The fourth-order valence-corrected chi connectivity index (χ4v) is 1.43. The van der Waals surface area contributed by atoms with Crippen molar-refractivity contribution in [2.45, 2.75) is 0 Å². The van der Waals surface area contributed by atoms with Gasteiger partial charge in [0.1, 0.15) is 5.75 Å². The number of anilines is 1. The highest BCUT2D eigenvalue weighted by atomic mass is 19.1. The summed E-state index contributed by atoms with van der Waals surface area (Å²) in [4.78, 5) is 11.0. The molecule has 0 spiro atoms. The molecule has 0 fully saturated rings. The van der Waals surface area contributed by atoms with Crippen molar-refractivity contribution in [1.82, 2.24) is 0 Å². The van der Waals surface area contributed by atoms with Crippen molar-refractivity contribution in [2.24, 2.45) is 0 Å². The summed E-state index contributed by atoms with van der Waals surface area (Å²) >= 11 is 0. The van der Waals surface area contributed by atoms with Gasteiger partial charge in [-0.05, 0) is 36.4 Å². The van der Waals surface area contributed by atoms with E-state index in [9.17, 15) is 9.18 Å². The third-order valence-corrected chi connectivity index (χ3v) is 2.35. The zero-order valence-electron chi connectivity index (χ0n) is 10.2. The van der Waals surface area contributed by atoms with Crippen molar-refractivity contribution >= 4 is 11.8 Å². The second-order valence-electron chi connectivity index (χ2n) is 3.67. The number of rotatable bonds is 3. The van der Waals surface area contributed by atoms with Crippen molar-refractivity contribution in [3.63, 3.8) is 0 Å². The minimum absolute atomic E-state index is 0.149. The van der Waals surface area contributed by atoms with E-state index in [4.69, 9.17) is 4.74 Å². The first-order valence-electron chi connectivity index (χ1n) is 5.56. The summed E-state index contributed by atoms with van der Waals surface area (Å²) in [7, 11) is 1.28. The average Bonchev–Trinajstić information content (AvgIpc) is 2.43. The molecule has 1 N–H and O–H groups in total. The molecule has 0 aliphatic rings. The Hall–Kier alpha value is -2.56. The smallest absolute Gasteiger partial charge is 0.411 e. The Bertz CT molecular complexity index is 569. The van der Waals surface area contributed by atoms with Gasteiger partial charge in [-0.3, -0.25) is 5.32 Å². The molecule has 0 saturated carbocycles. The van der Waals surface area contributed by atoms with E-state index in [-0.39, 0.29) is 5.75 Å². The number of amides is 1. The molecule has 1 amide bonds. The minimum atomic E-state index is -0.553. The summed E-state index contributed by atoms with van der Waals surface area (Å²) in [6.07, 6.45) is -0.553. The molecule has 2 rings (SSSR count). The Kier molecular flexibility index (Phi) is 3.97. The van der Waals surface area contributed by atoms with Gasteiger partial charge in [0.25, 0.3) is 0 Å². The normalized spacial score (nSPS) is 9.79. The maximum absolute atomic E-state index is 13.4. The lowest BCUT2D eigenvalue weighted by Crippen LogP contribution is -2.10. The van der Waals surface area contributed by atoms with Gasteiger partial charge in [-0.15, -0.1) is 0 Å². The average molecular weight is 261 g/mol. The van der Waals surface area contributed by atoms with Crippen LogP contribution in [0, 0.1) is 5.82 Å². The largest absolute Gasteiger partial charge is 0.454 e. The van der Waals surface area contributed by atoms with E-state index in [0.717, 1.165) is 0 Å². The monoisotopic (exact) mass is 261 g/mol. The second kappa shape index (κ2) is 5.86. The third kappa shape index (κ3) is 3.45. The van der Waals surface area contributed by atoms with Crippen LogP contribution >= 0.6 is 0 Å². The Labute approximate surface area is 109 Å². The van der Waals surface area contributed by atoms with Crippen LogP contribution in [0.3, 0.4) is 0 Å². The predicted molar refractivity (Wildman–Crippen MR) is 68.9 cm³/mol. The van der Waals surface area contributed by atoms with E-state index in [1.54, 1.807) is 36.4 Å². The molecule has 19 heavy (non-hydrogen) atoms. The summed E-state index contributed by atoms with van der Waals surface area (Å²) in [6, 6.07) is 12.6. The van der Waals surface area contributed by atoms with Crippen LogP contribution in [0.2, 0.25) is 0 Å². The number of hydrogen-bond acceptors (Lipinski definition) is 3. The van der Waals surface area contributed by atoms with Gasteiger partial charge in [0.2, 0.25) is 0 Å². The molecule has 5 heteroatoms. The topological polar surface area (TPSA) is 47.6 Å². The van der Waals surface area contributed by atoms with Gasteiger partial charge in [0.05, 0.1) is 7.11 Å². The molecule has 4 nitrogen and oxygen atoms in total. The van der Waals surface area contributed by atoms with Gasteiger partial charge >= 0.3 is 6.09 Å². The first-order chi connectivity index (χ1) is 9.19. The highest BCUT2D eigenvalue weighted by Gasteiger charge is 2.04. The number of ether oxygens (including phenoxy) is 2. The van der Waals surface area contributed by atoms with E-state index in [1.165, 1.54) is 19.2 Å². The number of nitrogens with one attached hydrogen (secondary N) is 1. The summed E-state index contributed by atoms with van der Waals surface area (Å²) in [5, 5.41) is 2.50. The maximum atomic E-state index is 13.4. The summed E-state index contributed by atoms with van der Waals surface area (Å²) in [6.45, 7) is 0. The van der Waals surface area contributed by atoms with Gasteiger partial charge in [-0.2, -0.15) is 0 Å². The molecule has 0 atom stereocenters. The lowest BCUT2D eigenvalue weighted by atomic mass is 10.3. The Morgan fingerprint density at radius 1 is 1.11 bits per heavy atom. The van der Waals surface area contributed by atoms with Crippen LogP contribution in [0.15, 0.2) is 48.5 Å². The molecule has 2 aromatic carbocycles. The number of carbonyl (C=O) groups is 1. The molecule has 0 aliphatic carbocycles. The summed E-state index contributed by atoms with van der Waals surface area (Å²) < 4.78 is 23.2. The number of methoxy groups -OCH3 is 1. The highest BCUT2D eigenvalue weighted by Crippen LogP contribution is 2.25. The van der Waals surface area contributed by atoms with Crippen molar-refractivity contribution in [1.29, 1.82) is 0 Å². The minimum Gasteiger partial charge on any atom is -0.454 e. The lowest BCUT2D eigenvalue weighted by Gasteiger charge is -2.08. The molecular weight excluding hydrogens is 249 g/mol. The first kappa shape index (κ1) is 12.9. The second-order valence-corrected chi connectivity index (χ2v) is 3.67. The van der Waals surface area contributed by atoms with E-state index in [1.807, 2.05) is 0 Å². The number of benzene rings is 2. The van der Waals surface area contributed by atoms with Crippen molar-refractivity contribution < 1.29 is 18.7 Å². The third-order valence-electron chi connectivity index (χ3n) is 2.35. The zero-order chi connectivity index (χ0) is 13.7. The molecule has 0 unspecified atom stereocenters. The van der Waals surface area contributed by atoms with E-state index in [2.05, 4.69) is 10.1 Å². The molecule has 0 radical (unpaired) electrons. The van der Waals surface area contributed by atoms with E-state index >= 15 is 0 Å². The molecule has 0 aromatic heterocycles. The fourth-order valence-electron chi connectivity index (χ4n) is 1.43. The number of carbonyl (C=O) groups excluding carboxylic acids is 1. The molecule has 0 bridgehead atoms. The van der Waals surface area contributed by atoms with Gasteiger partial charge in [-0.1, -0.05) is 12.1 Å². The quantitative estimate of drug-likeness (QED) is 0.914. The summed E-state index contributed by atoms with van der Waals surface area (Å²) in [5.74, 6) is 0.191. The standard InChI is InChI=1S/C14H12FNO3/c1-18-14(17)16-10-6-8-11(9-7-10)19-13-5-3-2-4-12(13)15/h2-9H,1H3,(H,16,17). The Morgan fingerprint density at radius 2 is 1.79 bits per heavy atom. The van der Waals surface area contributed by atoms with Crippen LogP contribution in [-0.4, -0.2) is 13.2 Å². The number of para-hydroxylation sites is 1. The van der Waals surface area contributed by atoms with Crippen LogP contribution in [0.5, 0.6) is 11.5 Å². The van der Waals surface area contributed by atoms with Crippen LogP contribution in [0.1, 0.15) is 0 Å². The summed E-state index contributed by atoms with van der Waals surface area (Å²) in [5.41, 5.74) is 0.563. The maximum Gasteiger partial charge on any atom is 0.411 e. The van der Waals surface area contributed by atoms with Gasteiger partial charge < -0.3 is 9.47 Å². The van der Waals surface area contributed by atoms with Crippen LogP contribution in [0.4, 0.5) is 14.9 Å². The van der Waals surface area contributed by atoms with Gasteiger partial charge in [0.15, 0.2) is 11.6 Å². The fraction of sp³-hybridized carbons (Fsp3) is 0.0714. The van der Waals surface area contributed by atoms with E-state index < -0.39 is 11.9 Å². The Morgan fingerprint density at radius 3 is 2.42 bits per heavy atom.